The third-order valence-electron chi connectivity index (χ3n) is 5.42. The molecular formula is C23H25N3O3. The maximum atomic E-state index is 13.2. The number of nitrogens with zero attached hydrogens (tertiary/aromatic N) is 2. The van der Waals surface area contributed by atoms with Crippen molar-refractivity contribution in [2.45, 2.75) is 26.3 Å². The number of phenols is 1. The number of aromatic amines is 1. The van der Waals surface area contributed by atoms with Crippen LogP contribution in [-0.2, 0) is 4.74 Å². The molecule has 3 aromatic rings. The van der Waals surface area contributed by atoms with Gasteiger partial charge in [-0.2, -0.15) is 5.10 Å². The van der Waals surface area contributed by atoms with Crippen molar-refractivity contribution >= 4 is 5.91 Å². The van der Waals surface area contributed by atoms with Gasteiger partial charge < -0.3 is 14.7 Å². The molecule has 2 N–H and O–H groups in total. The van der Waals surface area contributed by atoms with E-state index in [0.29, 0.717) is 30.1 Å². The largest absolute Gasteiger partial charge is 0.507 e. The van der Waals surface area contributed by atoms with E-state index in [2.05, 4.69) is 10.2 Å². The van der Waals surface area contributed by atoms with E-state index in [-0.39, 0.29) is 17.7 Å². The Balaban J connectivity index is 1.87. The maximum Gasteiger partial charge on any atom is 0.273 e. The van der Waals surface area contributed by atoms with E-state index in [0.717, 1.165) is 28.7 Å². The first-order chi connectivity index (χ1) is 14.0. The number of aromatic nitrogens is 2. The molecule has 1 amide bonds. The summed E-state index contributed by atoms with van der Waals surface area (Å²) in [5.74, 6) is 0.0989. The lowest BCUT2D eigenvalue weighted by Crippen LogP contribution is -2.31. The predicted octanol–water partition coefficient (Wildman–Crippen LogP) is 3.98. The van der Waals surface area contributed by atoms with Crippen molar-refractivity contribution in [2.75, 3.05) is 20.3 Å². The first kappa shape index (κ1) is 19.2. The van der Waals surface area contributed by atoms with Crippen LogP contribution in [0.4, 0.5) is 0 Å². The second-order valence-electron chi connectivity index (χ2n) is 7.49. The summed E-state index contributed by atoms with van der Waals surface area (Å²) in [5.41, 5.74) is 5.53. The van der Waals surface area contributed by atoms with Gasteiger partial charge in [-0.05, 0) is 43.0 Å². The number of benzene rings is 2. The van der Waals surface area contributed by atoms with Gasteiger partial charge in [0.05, 0.1) is 6.04 Å². The molecule has 0 fully saturated rings. The molecule has 0 radical (unpaired) electrons. The van der Waals surface area contributed by atoms with Crippen LogP contribution in [0.1, 0.15) is 45.2 Å². The smallest absolute Gasteiger partial charge is 0.273 e. The molecule has 1 atom stereocenters. The summed E-state index contributed by atoms with van der Waals surface area (Å²) in [5, 5.41) is 18.1. The van der Waals surface area contributed by atoms with Crippen molar-refractivity contribution in [3.8, 4) is 17.0 Å². The zero-order valence-corrected chi connectivity index (χ0v) is 16.9. The van der Waals surface area contributed by atoms with E-state index in [9.17, 15) is 9.90 Å². The van der Waals surface area contributed by atoms with Crippen LogP contribution in [-0.4, -0.2) is 46.4 Å². The van der Waals surface area contributed by atoms with Gasteiger partial charge in [0.15, 0.2) is 0 Å². The highest BCUT2D eigenvalue weighted by Gasteiger charge is 2.42. The van der Waals surface area contributed by atoms with Crippen LogP contribution in [0.15, 0.2) is 42.5 Å². The fourth-order valence-corrected chi connectivity index (χ4v) is 4.23. The van der Waals surface area contributed by atoms with E-state index in [1.54, 1.807) is 13.2 Å². The summed E-state index contributed by atoms with van der Waals surface area (Å²) in [6.45, 7) is 5.06. The molecule has 150 valence electrons. The van der Waals surface area contributed by atoms with Crippen molar-refractivity contribution < 1.29 is 14.6 Å². The molecule has 0 aliphatic carbocycles. The van der Waals surface area contributed by atoms with Crippen molar-refractivity contribution in [1.29, 1.82) is 0 Å². The minimum atomic E-state index is -0.260. The van der Waals surface area contributed by atoms with Crippen LogP contribution in [0.3, 0.4) is 0 Å². The minimum absolute atomic E-state index is 0.0760. The lowest BCUT2D eigenvalue weighted by Gasteiger charge is -2.26. The Morgan fingerprint density at radius 3 is 2.66 bits per heavy atom. The highest BCUT2D eigenvalue weighted by atomic mass is 16.5. The number of fused-ring (bicyclic) bond motifs is 1. The number of H-pyrrole nitrogens is 1. The summed E-state index contributed by atoms with van der Waals surface area (Å²) in [6, 6.07) is 13.4. The van der Waals surface area contributed by atoms with Crippen LogP contribution in [0.5, 0.6) is 5.75 Å². The van der Waals surface area contributed by atoms with Gasteiger partial charge in [-0.1, -0.05) is 36.4 Å². The molecule has 4 rings (SSSR count). The predicted molar refractivity (Wildman–Crippen MR) is 111 cm³/mol. The fourth-order valence-electron chi connectivity index (χ4n) is 4.23. The van der Waals surface area contributed by atoms with Crippen LogP contribution in [0.25, 0.3) is 11.3 Å². The maximum absolute atomic E-state index is 13.2. The number of aryl methyl sites for hydroxylation is 2. The van der Waals surface area contributed by atoms with E-state index in [1.165, 1.54) is 0 Å². The third kappa shape index (κ3) is 3.29. The Bertz CT molecular complexity index is 1020. The lowest BCUT2D eigenvalue weighted by molar-refractivity contribution is 0.0723. The molecule has 1 aliphatic heterocycles. The second kappa shape index (κ2) is 7.72. The van der Waals surface area contributed by atoms with E-state index >= 15 is 0 Å². The number of ether oxygens (including phenoxy) is 1. The molecule has 1 unspecified atom stereocenters. The van der Waals surface area contributed by atoms with Gasteiger partial charge in [-0.15, -0.1) is 0 Å². The van der Waals surface area contributed by atoms with Crippen molar-refractivity contribution in [1.82, 2.24) is 15.1 Å². The highest BCUT2D eigenvalue weighted by molar-refractivity contribution is 6.00. The Morgan fingerprint density at radius 2 is 1.97 bits per heavy atom. The number of nitrogens with one attached hydrogen (secondary N) is 1. The quantitative estimate of drug-likeness (QED) is 0.623. The van der Waals surface area contributed by atoms with Gasteiger partial charge in [0.2, 0.25) is 0 Å². The monoisotopic (exact) mass is 391 g/mol. The molecule has 0 spiro atoms. The standard InChI is InChI=1S/C23H25N3O3/c1-14-12-15(2)18(17(27)13-14)20-19-21(25-24-20)23(28)26(10-7-11-29-3)22(19)16-8-5-4-6-9-16/h4-6,8-9,12-13,22,27H,7,10-11H2,1-3H3,(H,24,25). The molecule has 0 saturated heterocycles. The van der Waals surface area contributed by atoms with Crippen LogP contribution < -0.4 is 0 Å². The van der Waals surface area contributed by atoms with E-state index < -0.39 is 0 Å². The molecule has 6 heteroatoms. The number of carbonyl (C=O) groups excluding carboxylic acids is 1. The van der Waals surface area contributed by atoms with Gasteiger partial charge in [0, 0.05) is 31.4 Å². The summed E-state index contributed by atoms with van der Waals surface area (Å²) in [6.07, 6.45) is 0.743. The van der Waals surface area contributed by atoms with Crippen molar-refractivity contribution in [2.24, 2.45) is 0 Å². The summed E-state index contributed by atoms with van der Waals surface area (Å²) in [4.78, 5) is 15.1. The van der Waals surface area contributed by atoms with Crippen LogP contribution in [0.2, 0.25) is 0 Å². The fraction of sp³-hybridized carbons (Fsp3) is 0.304. The molecule has 29 heavy (non-hydrogen) atoms. The molecular weight excluding hydrogens is 366 g/mol. The second-order valence-corrected chi connectivity index (χ2v) is 7.49. The first-order valence-corrected chi connectivity index (χ1v) is 9.76. The molecule has 2 heterocycles. The zero-order valence-electron chi connectivity index (χ0n) is 16.9. The normalized spacial score (nSPS) is 15.8. The lowest BCUT2D eigenvalue weighted by atomic mass is 9.93. The number of amides is 1. The number of aromatic hydroxyl groups is 1. The van der Waals surface area contributed by atoms with E-state index in [1.807, 2.05) is 55.1 Å². The van der Waals surface area contributed by atoms with Gasteiger partial charge >= 0.3 is 0 Å². The zero-order chi connectivity index (χ0) is 20.5. The Morgan fingerprint density at radius 1 is 1.21 bits per heavy atom. The molecule has 6 nitrogen and oxygen atoms in total. The molecule has 1 aliphatic rings. The molecule has 0 saturated carbocycles. The summed E-state index contributed by atoms with van der Waals surface area (Å²) < 4.78 is 5.18. The topological polar surface area (TPSA) is 78.5 Å². The average Bonchev–Trinajstić information content (AvgIpc) is 3.22. The number of hydrogen-bond acceptors (Lipinski definition) is 4. The molecule has 2 aromatic carbocycles. The highest BCUT2D eigenvalue weighted by Crippen LogP contribution is 2.45. The summed E-state index contributed by atoms with van der Waals surface area (Å²) >= 11 is 0. The number of carbonyl (C=O) groups is 1. The molecule has 0 bridgehead atoms. The van der Waals surface area contributed by atoms with Gasteiger partial charge in [-0.25, -0.2) is 0 Å². The summed E-state index contributed by atoms with van der Waals surface area (Å²) in [7, 11) is 1.66. The average molecular weight is 391 g/mol. The Labute approximate surface area is 170 Å². The first-order valence-electron chi connectivity index (χ1n) is 9.76. The Kier molecular flexibility index (Phi) is 5.11. The minimum Gasteiger partial charge on any atom is -0.507 e. The third-order valence-corrected chi connectivity index (χ3v) is 5.42. The van der Waals surface area contributed by atoms with Gasteiger partial charge in [-0.3, -0.25) is 9.89 Å². The number of rotatable bonds is 6. The van der Waals surface area contributed by atoms with E-state index in [4.69, 9.17) is 4.74 Å². The number of methoxy groups -OCH3 is 1. The number of phenolic OH excluding ortho intramolecular Hbond substituents is 1. The van der Waals surface area contributed by atoms with Gasteiger partial charge in [0.1, 0.15) is 17.1 Å². The SMILES string of the molecule is COCCCN1C(=O)c2[nH]nc(-c3c(C)cc(C)cc3O)c2C1c1ccccc1. The van der Waals surface area contributed by atoms with Gasteiger partial charge in [0.25, 0.3) is 5.91 Å². The van der Waals surface area contributed by atoms with Crippen LogP contribution >= 0.6 is 0 Å². The Hall–Kier alpha value is -3.12. The molecule has 1 aromatic heterocycles. The number of hydrogen-bond donors (Lipinski definition) is 2. The van der Waals surface area contributed by atoms with Crippen molar-refractivity contribution in [3.05, 3.63) is 70.4 Å². The van der Waals surface area contributed by atoms with Crippen molar-refractivity contribution in [3.63, 3.8) is 0 Å². The van der Waals surface area contributed by atoms with Crippen LogP contribution in [0, 0.1) is 13.8 Å².